The Morgan fingerprint density at radius 2 is 1.86 bits per heavy atom. The molecule has 3 rings (SSSR count). The number of hydrogen-bond acceptors (Lipinski definition) is 7. The van der Waals surface area contributed by atoms with Crippen LogP contribution in [0, 0.1) is 0 Å². The number of anilines is 1. The van der Waals surface area contributed by atoms with Crippen LogP contribution in [0.15, 0.2) is 46.5 Å². The van der Waals surface area contributed by atoms with Crippen molar-refractivity contribution in [3.63, 3.8) is 0 Å². The third-order valence-electron chi connectivity index (χ3n) is 4.83. The highest BCUT2D eigenvalue weighted by molar-refractivity contribution is 7.89. The molecular formula is C20H26N4O4S. The lowest BCUT2D eigenvalue weighted by Crippen LogP contribution is -2.35. The molecular weight excluding hydrogens is 392 g/mol. The van der Waals surface area contributed by atoms with E-state index in [1.807, 2.05) is 19.1 Å². The van der Waals surface area contributed by atoms with E-state index in [0.717, 1.165) is 24.8 Å². The summed E-state index contributed by atoms with van der Waals surface area (Å²) in [5.74, 6) is 1.79. The monoisotopic (exact) mass is 418 g/mol. The molecule has 1 aliphatic rings. The summed E-state index contributed by atoms with van der Waals surface area (Å²) in [5.41, 5.74) is 4.36. The molecule has 0 amide bonds. The number of aromatic nitrogens is 1. The molecule has 8 nitrogen and oxygen atoms in total. The number of methoxy groups -OCH3 is 2. The quantitative estimate of drug-likeness (QED) is 0.549. The Balaban J connectivity index is 1.73. The molecule has 1 saturated heterocycles. The third kappa shape index (κ3) is 4.86. The number of sulfonamides is 1. The zero-order valence-corrected chi connectivity index (χ0v) is 17.7. The molecule has 1 N–H and O–H groups in total. The Morgan fingerprint density at radius 3 is 2.48 bits per heavy atom. The van der Waals surface area contributed by atoms with E-state index in [0.29, 0.717) is 36.1 Å². The summed E-state index contributed by atoms with van der Waals surface area (Å²) >= 11 is 0. The maximum Gasteiger partial charge on any atom is 0.244 e. The van der Waals surface area contributed by atoms with Crippen molar-refractivity contribution in [1.29, 1.82) is 0 Å². The van der Waals surface area contributed by atoms with Gasteiger partial charge in [-0.15, -0.1) is 0 Å². The first-order valence-corrected chi connectivity index (χ1v) is 10.9. The van der Waals surface area contributed by atoms with Crippen LogP contribution in [0.25, 0.3) is 0 Å². The average Bonchev–Trinajstić information content (AvgIpc) is 2.77. The van der Waals surface area contributed by atoms with Crippen molar-refractivity contribution in [3.05, 3.63) is 42.1 Å². The lowest BCUT2D eigenvalue weighted by Gasteiger charge is -2.25. The molecule has 0 spiro atoms. The van der Waals surface area contributed by atoms with Crippen LogP contribution in [-0.4, -0.2) is 50.7 Å². The van der Waals surface area contributed by atoms with Crippen molar-refractivity contribution in [2.45, 2.75) is 31.1 Å². The third-order valence-corrected chi connectivity index (χ3v) is 6.71. The first-order valence-electron chi connectivity index (χ1n) is 9.44. The summed E-state index contributed by atoms with van der Waals surface area (Å²) in [6, 6.07) is 8.64. The first kappa shape index (κ1) is 21.1. The SMILES string of the molecule is COc1ccc(/C(C)=N/Nc2ccc(S(=O)(=O)N3CCCCC3)cn2)c(OC)c1. The summed E-state index contributed by atoms with van der Waals surface area (Å²) in [6.07, 6.45) is 4.23. The number of rotatable bonds is 7. The molecule has 0 saturated carbocycles. The van der Waals surface area contributed by atoms with E-state index in [4.69, 9.17) is 9.47 Å². The fraction of sp³-hybridized carbons (Fsp3) is 0.400. The molecule has 0 unspecified atom stereocenters. The van der Waals surface area contributed by atoms with Gasteiger partial charge >= 0.3 is 0 Å². The van der Waals surface area contributed by atoms with E-state index in [1.54, 1.807) is 32.4 Å². The van der Waals surface area contributed by atoms with Crippen LogP contribution in [0.1, 0.15) is 31.7 Å². The van der Waals surface area contributed by atoms with E-state index in [-0.39, 0.29) is 4.90 Å². The van der Waals surface area contributed by atoms with Crippen molar-refractivity contribution in [2.24, 2.45) is 5.10 Å². The van der Waals surface area contributed by atoms with Gasteiger partial charge in [0.1, 0.15) is 22.2 Å². The molecule has 2 aromatic rings. The highest BCUT2D eigenvalue weighted by atomic mass is 32.2. The molecule has 0 atom stereocenters. The Hall–Kier alpha value is -2.65. The van der Waals surface area contributed by atoms with Gasteiger partial charge in [0.05, 0.1) is 19.9 Å². The summed E-state index contributed by atoms with van der Waals surface area (Å²) in [4.78, 5) is 4.40. The van der Waals surface area contributed by atoms with Gasteiger partial charge in [-0.3, -0.25) is 5.43 Å². The Kier molecular flexibility index (Phi) is 6.71. The largest absolute Gasteiger partial charge is 0.497 e. The lowest BCUT2D eigenvalue weighted by atomic mass is 10.1. The summed E-state index contributed by atoms with van der Waals surface area (Å²) < 4.78 is 37.5. The second kappa shape index (κ2) is 9.23. The van der Waals surface area contributed by atoms with Crippen LogP contribution >= 0.6 is 0 Å². The van der Waals surface area contributed by atoms with Gasteiger partial charge in [0.25, 0.3) is 0 Å². The van der Waals surface area contributed by atoms with E-state index >= 15 is 0 Å². The fourth-order valence-corrected chi connectivity index (χ4v) is 4.62. The van der Waals surface area contributed by atoms with Crippen LogP contribution < -0.4 is 14.9 Å². The van der Waals surface area contributed by atoms with E-state index in [9.17, 15) is 8.42 Å². The van der Waals surface area contributed by atoms with E-state index in [1.165, 1.54) is 10.5 Å². The van der Waals surface area contributed by atoms with Gasteiger partial charge in [-0.05, 0) is 44.0 Å². The molecule has 2 heterocycles. The lowest BCUT2D eigenvalue weighted by molar-refractivity contribution is 0.346. The zero-order valence-electron chi connectivity index (χ0n) is 16.9. The average molecular weight is 419 g/mol. The van der Waals surface area contributed by atoms with Gasteiger partial charge in [-0.1, -0.05) is 6.42 Å². The maximum atomic E-state index is 12.7. The number of hydrogen-bond donors (Lipinski definition) is 1. The van der Waals surface area contributed by atoms with E-state index < -0.39 is 10.0 Å². The number of hydrazone groups is 1. The van der Waals surface area contributed by atoms with Crippen LogP contribution in [0.4, 0.5) is 5.82 Å². The molecule has 1 aromatic heterocycles. The van der Waals surface area contributed by atoms with Gasteiger partial charge in [0.15, 0.2) is 0 Å². The summed E-state index contributed by atoms with van der Waals surface area (Å²) in [5, 5.41) is 4.33. The van der Waals surface area contributed by atoms with Crippen LogP contribution in [0.3, 0.4) is 0 Å². The Morgan fingerprint density at radius 1 is 1.10 bits per heavy atom. The molecule has 29 heavy (non-hydrogen) atoms. The number of ether oxygens (including phenoxy) is 2. The minimum Gasteiger partial charge on any atom is -0.497 e. The predicted octanol–water partition coefficient (Wildman–Crippen LogP) is 3.11. The normalized spacial score (nSPS) is 15.8. The second-order valence-corrected chi connectivity index (χ2v) is 8.66. The molecule has 1 fully saturated rings. The Bertz CT molecular complexity index is 968. The minimum atomic E-state index is -3.49. The van der Waals surface area contributed by atoms with Crippen molar-refractivity contribution in [2.75, 3.05) is 32.7 Å². The predicted molar refractivity (Wildman–Crippen MR) is 112 cm³/mol. The van der Waals surface area contributed by atoms with E-state index in [2.05, 4.69) is 15.5 Å². The van der Waals surface area contributed by atoms with Gasteiger partial charge < -0.3 is 9.47 Å². The van der Waals surface area contributed by atoms with Gasteiger partial charge in [0.2, 0.25) is 10.0 Å². The molecule has 9 heteroatoms. The summed E-state index contributed by atoms with van der Waals surface area (Å²) in [6.45, 7) is 2.97. The molecule has 0 radical (unpaired) electrons. The maximum absolute atomic E-state index is 12.7. The number of nitrogens with one attached hydrogen (secondary N) is 1. The van der Waals surface area contributed by atoms with Crippen LogP contribution in [0.5, 0.6) is 11.5 Å². The van der Waals surface area contributed by atoms with Crippen molar-refractivity contribution >= 4 is 21.6 Å². The second-order valence-electron chi connectivity index (χ2n) is 6.72. The highest BCUT2D eigenvalue weighted by Crippen LogP contribution is 2.25. The standard InChI is InChI=1S/C20H26N4O4S/c1-15(18-9-7-16(27-2)13-19(18)28-3)22-23-20-10-8-17(14-21-20)29(25,26)24-11-5-4-6-12-24/h7-10,13-14H,4-6,11-12H2,1-3H3,(H,21,23)/b22-15+. The molecule has 0 aliphatic carbocycles. The molecule has 1 aliphatic heterocycles. The zero-order chi connectivity index (χ0) is 20.9. The first-order chi connectivity index (χ1) is 14.0. The molecule has 156 valence electrons. The van der Waals surface area contributed by atoms with Crippen molar-refractivity contribution < 1.29 is 17.9 Å². The fourth-order valence-electron chi connectivity index (χ4n) is 3.15. The van der Waals surface area contributed by atoms with Crippen LogP contribution in [0.2, 0.25) is 0 Å². The highest BCUT2D eigenvalue weighted by Gasteiger charge is 2.26. The van der Waals surface area contributed by atoms with Gasteiger partial charge in [-0.25, -0.2) is 13.4 Å². The topological polar surface area (TPSA) is 93.1 Å². The van der Waals surface area contributed by atoms with Gasteiger partial charge in [0, 0.05) is 30.9 Å². The molecule has 1 aromatic carbocycles. The van der Waals surface area contributed by atoms with Gasteiger partial charge in [-0.2, -0.15) is 9.41 Å². The van der Waals surface area contributed by atoms with Crippen LogP contribution in [-0.2, 0) is 10.0 Å². The number of piperidine rings is 1. The van der Waals surface area contributed by atoms with Crippen molar-refractivity contribution in [1.82, 2.24) is 9.29 Å². The number of benzene rings is 1. The number of nitrogens with zero attached hydrogens (tertiary/aromatic N) is 3. The number of pyridine rings is 1. The Labute approximate surface area is 171 Å². The van der Waals surface area contributed by atoms with Crippen molar-refractivity contribution in [3.8, 4) is 11.5 Å². The summed E-state index contributed by atoms with van der Waals surface area (Å²) in [7, 11) is -0.309. The minimum absolute atomic E-state index is 0.197. The smallest absolute Gasteiger partial charge is 0.244 e. The molecule has 0 bridgehead atoms.